The van der Waals surface area contributed by atoms with Gasteiger partial charge in [0.2, 0.25) is 5.91 Å². The highest BCUT2D eigenvalue weighted by molar-refractivity contribution is 5.85. The fourth-order valence-electron chi connectivity index (χ4n) is 6.50. The van der Waals surface area contributed by atoms with Gasteiger partial charge in [-0.1, -0.05) is 18.2 Å². The number of piperazine rings is 1. The molecule has 3 heterocycles. The van der Waals surface area contributed by atoms with Crippen LogP contribution in [0.2, 0.25) is 0 Å². The molecule has 0 bridgehead atoms. The summed E-state index contributed by atoms with van der Waals surface area (Å²) >= 11 is 0. The van der Waals surface area contributed by atoms with Gasteiger partial charge in [0.05, 0.1) is 18.7 Å². The van der Waals surface area contributed by atoms with Crippen LogP contribution in [0.4, 0.5) is 5.69 Å². The average molecular weight is 615 g/mol. The SMILES string of the molecule is CCOc1cc(-c2cn[nH]c2)ccc1CN(C(=O)[C@@H]1CCCN(c2cccc(OC(C)(C)C(=O)N3CCNCC3)c2)C1)C1CC1. The fraction of sp³-hybridized carbons (Fsp3) is 0.514. The van der Waals surface area contributed by atoms with Crippen molar-refractivity contribution in [1.82, 2.24) is 25.3 Å². The zero-order valence-corrected chi connectivity index (χ0v) is 26.8. The molecule has 0 spiro atoms. The van der Waals surface area contributed by atoms with E-state index in [0.717, 1.165) is 73.4 Å². The fourth-order valence-corrected chi connectivity index (χ4v) is 6.50. The molecule has 2 amide bonds. The molecule has 0 radical (unpaired) electrons. The third-order valence-corrected chi connectivity index (χ3v) is 9.06. The number of amides is 2. The van der Waals surface area contributed by atoms with E-state index >= 15 is 0 Å². The topological polar surface area (TPSA) is 103 Å². The number of piperidine rings is 1. The summed E-state index contributed by atoms with van der Waals surface area (Å²) in [5.74, 6) is 1.61. The second kappa shape index (κ2) is 13.5. The van der Waals surface area contributed by atoms with Crippen LogP contribution in [0.1, 0.15) is 52.0 Å². The number of carbonyl (C=O) groups excluding carboxylic acids is 2. The zero-order chi connectivity index (χ0) is 31.4. The quantitative estimate of drug-likeness (QED) is 0.329. The van der Waals surface area contributed by atoms with Gasteiger partial charge >= 0.3 is 0 Å². The number of nitrogens with zero attached hydrogens (tertiary/aromatic N) is 4. The van der Waals surface area contributed by atoms with Crippen molar-refractivity contribution in [1.29, 1.82) is 0 Å². The van der Waals surface area contributed by atoms with Gasteiger partial charge in [-0.25, -0.2) is 0 Å². The molecular formula is C35H46N6O4. The van der Waals surface area contributed by atoms with Crippen molar-refractivity contribution in [2.45, 2.75) is 64.6 Å². The molecule has 1 aromatic heterocycles. The van der Waals surface area contributed by atoms with Crippen molar-refractivity contribution in [3.05, 3.63) is 60.4 Å². The molecule has 3 fully saturated rings. The standard InChI is InChI=1S/C35H46N6O4/c1-4-44-32-19-25(28-21-37-38-22-28)10-11-26(32)24-41(29-12-13-29)33(42)27-7-6-16-40(23-27)30-8-5-9-31(20-30)45-35(2,3)34(43)39-17-14-36-15-18-39/h5,8-11,19-22,27,29,36H,4,6-7,12-18,23-24H2,1-3H3,(H,37,38)/t27-/m1/s1. The van der Waals surface area contributed by atoms with Crippen LogP contribution in [0, 0.1) is 5.92 Å². The Balaban J connectivity index is 1.14. The highest BCUT2D eigenvalue weighted by Gasteiger charge is 2.38. The molecule has 10 nitrogen and oxygen atoms in total. The molecule has 2 aliphatic heterocycles. The van der Waals surface area contributed by atoms with E-state index in [1.165, 1.54) is 0 Å². The first-order valence-electron chi connectivity index (χ1n) is 16.4. The van der Waals surface area contributed by atoms with E-state index in [1.807, 2.05) is 50.1 Å². The molecule has 10 heteroatoms. The summed E-state index contributed by atoms with van der Waals surface area (Å²) in [6, 6.07) is 14.5. The Morgan fingerprint density at radius 2 is 1.87 bits per heavy atom. The number of benzene rings is 2. The van der Waals surface area contributed by atoms with E-state index in [-0.39, 0.29) is 23.8 Å². The maximum absolute atomic E-state index is 14.1. The number of anilines is 1. The van der Waals surface area contributed by atoms with Gasteiger partial charge in [0.25, 0.3) is 5.91 Å². The van der Waals surface area contributed by atoms with Crippen LogP contribution in [0.3, 0.4) is 0 Å². The molecule has 2 saturated heterocycles. The molecule has 3 aliphatic rings. The number of H-pyrrole nitrogens is 1. The number of aromatic nitrogens is 2. The molecular weight excluding hydrogens is 568 g/mol. The van der Waals surface area contributed by atoms with Gasteiger partial charge in [0, 0.05) is 80.9 Å². The van der Waals surface area contributed by atoms with Crippen molar-refractivity contribution >= 4 is 17.5 Å². The number of aromatic amines is 1. The molecule has 0 unspecified atom stereocenters. The van der Waals surface area contributed by atoms with Gasteiger partial charge in [-0.2, -0.15) is 5.10 Å². The monoisotopic (exact) mass is 614 g/mol. The Kier molecular flexibility index (Phi) is 9.30. The second-order valence-corrected chi connectivity index (χ2v) is 12.9. The zero-order valence-electron chi connectivity index (χ0n) is 26.8. The van der Waals surface area contributed by atoms with Crippen LogP contribution >= 0.6 is 0 Å². The van der Waals surface area contributed by atoms with Crippen LogP contribution in [0.25, 0.3) is 11.1 Å². The Morgan fingerprint density at radius 3 is 2.60 bits per heavy atom. The summed E-state index contributed by atoms with van der Waals surface area (Å²) in [6.07, 6.45) is 7.57. The molecule has 45 heavy (non-hydrogen) atoms. The summed E-state index contributed by atoms with van der Waals surface area (Å²) < 4.78 is 12.4. The number of hydrogen-bond acceptors (Lipinski definition) is 7. The van der Waals surface area contributed by atoms with E-state index in [1.54, 1.807) is 6.20 Å². The third-order valence-electron chi connectivity index (χ3n) is 9.06. The lowest BCUT2D eigenvalue weighted by molar-refractivity contribution is -0.146. The van der Waals surface area contributed by atoms with Crippen LogP contribution in [0.15, 0.2) is 54.9 Å². The van der Waals surface area contributed by atoms with E-state index in [0.29, 0.717) is 38.5 Å². The van der Waals surface area contributed by atoms with E-state index < -0.39 is 5.60 Å². The lowest BCUT2D eigenvalue weighted by Gasteiger charge is -2.37. The Bertz CT molecular complexity index is 1460. The van der Waals surface area contributed by atoms with Gasteiger partial charge in [-0.3, -0.25) is 14.7 Å². The molecule has 3 aromatic rings. The number of carbonyl (C=O) groups is 2. The van der Waals surface area contributed by atoms with E-state index in [2.05, 4.69) is 49.6 Å². The minimum absolute atomic E-state index is 0.00168. The minimum Gasteiger partial charge on any atom is -0.494 e. The minimum atomic E-state index is -0.974. The smallest absolute Gasteiger partial charge is 0.266 e. The predicted octanol–water partition coefficient (Wildman–Crippen LogP) is 4.47. The summed E-state index contributed by atoms with van der Waals surface area (Å²) in [4.78, 5) is 33.6. The summed E-state index contributed by atoms with van der Waals surface area (Å²) in [5.41, 5.74) is 3.11. The Hall–Kier alpha value is -4.05. The van der Waals surface area contributed by atoms with E-state index in [4.69, 9.17) is 9.47 Å². The first kappa shape index (κ1) is 31.0. The Labute approximate surface area is 266 Å². The number of ether oxygens (including phenoxy) is 2. The van der Waals surface area contributed by atoms with Crippen LogP contribution < -0.4 is 19.7 Å². The van der Waals surface area contributed by atoms with Crippen molar-refractivity contribution in [3.8, 4) is 22.6 Å². The maximum atomic E-state index is 14.1. The Morgan fingerprint density at radius 1 is 1.04 bits per heavy atom. The van der Waals surface area contributed by atoms with Gasteiger partial charge < -0.3 is 29.5 Å². The number of rotatable bonds is 11. The molecule has 1 saturated carbocycles. The normalized spacial score (nSPS) is 18.9. The first-order valence-corrected chi connectivity index (χ1v) is 16.4. The molecule has 1 aliphatic carbocycles. The summed E-state index contributed by atoms with van der Waals surface area (Å²) in [7, 11) is 0. The highest BCUT2D eigenvalue weighted by atomic mass is 16.5. The molecule has 2 N–H and O–H groups in total. The van der Waals surface area contributed by atoms with Crippen LogP contribution in [-0.4, -0.2) is 89.3 Å². The predicted molar refractivity (Wildman–Crippen MR) is 174 cm³/mol. The van der Waals surface area contributed by atoms with Gasteiger partial charge in [0.1, 0.15) is 11.5 Å². The van der Waals surface area contributed by atoms with Crippen molar-refractivity contribution in [2.24, 2.45) is 5.92 Å². The average Bonchev–Trinajstić information content (AvgIpc) is 3.75. The van der Waals surface area contributed by atoms with Crippen molar-refractivity contribution in [3.63, 3.8) is 0 Å². The largest absolute Gasteiger partial charge is 0.494 e. The van der Waals surface area contributed by atoms with E-state index in [9.17, 15) is 9.59 Å². The second-order valence-electron chi connectivity index (χ2n) is 12.9. The van der Waals surface area contributed by atoms with Crippen LogP contribution in [0.5, 0.6) is 11.5 Å². The van der Waals surface area contributed by atoms with Gasteiger partial charge in [-0.05, 0) is 70.2 Å². The molecule has 2 aromatic carbocycles. The number of nitrogens with one attached hydrogen (secondary N) is 2. The summed E-state index contributed by atoms with van der Waals surface area (Å²) in [5, 5.41) is 10.2. The lowest BCUT2D eigenvalue weighted by atomic mass is 9.95. The summed E-state index contributed by atoms with van der Waals surface area (Å²) in [6.45, 7) is 11.3. The van der Waals surface area contributed by atoms with Gasteiger partial charge in [0.15, 0.2) is 5.60 Å². The first-order chi connectivity index (χ1) is 21.8. The third kappa shape index (κ3) is 7.27. The number of hydrogen-bond donors (Lipinski definition) is 2. The van der Waals surface area contributed by atoms with Gasteiger partial charge in [-0.15, -0.1) is 0 Å². The highest BCUT2D eigenvalue weighted by Crippen LogP contribution is 2.36. The van der Waals surface area contributed by atoms with Crippen molar-refractivity contribution < 1.29 is 19.1 Å². The van der Waals surface area contributed by atoms with Crippen molar-refractivity contribution in [2.75, 3.05) is 50.8 Å². The molecule has 6 rings (SSSR count). The molecule has 240 valence electrons. The lowest BCUT2D eigenvalue weighted by Crippen LogP contribution is -2.54. The molecule has 1 atom stereocenters. The maximum Gasteiger partial charge on any atom is 0.266 e. The van der Waals surface area contributed by atoms with Crippen LogP contribution in [-0.2, 0) is 16.1 Å².